The van der Waals surface area contributed by atoms with E-state index in [1.165, 1.54) is 12.5 Å². The third-order valence-electron chi connectivity index (χ3n) is 3.06. The minimum Gasteiger partial charge on any atom is -0.345 e. The molecule has 0 aliphatic carbocycles. The van der Waals surface area contributed by atoms with E-state index in [1.807, 2.05) is 12.1 Å². The van der Waals surface area contributed by atoms with E-state index >= 15 is 0 Å². The third-order valence-corrected chi connectivity index (χ3v) is 3.06. The molecule has 2 N–H and O–H groups in total. The van der Waals surface area contributed by atoms with Crippen LogP contribution in [0.3, 0.4) is 0 Å². The molecule has 0 aliphatic heterocycles. The lowest BCUT2D eigenvalue weighted by molar-refractivity contribution is 0.0930. The molecule has 0 radical (unpaired) electrons. The van der Waals surface area contributed by atoms with Gasteiger partial charge in [-0.25, -0.2) is 4.98 Å². The average molecular weight is 286 g/mol. The summed E-state index contributed by atoms with van der Waals surface area (Å²) in [6.07, 6.45) is 6.69. The van der Waals surface area contributed by atoms with Crippen molar-refractivity contribution >= 4 is 5.91 Å². The Kier molecular flexibility index (Phi) is 4.81. The molecule has 1 atom stereocenters. The molecule has 1 unspecified atom stereocenters. The molecule has 0 saturated carbocycles. The molecule has 2 rings (SSSR count). The van der Waals surface area contributed by atoms with Crippen molar-refractivity contribution in [3.63, 3.8) is 0 Å². The molecule has 110 valence electrons. The van der Waals surface area contributed by atoms with Crippen LogP contribution in [0.5, 0.6) is 0 Å². The lowest BCUT2D eigenvalue weighted by Crippen LogP contribution is -2.33. The first-order valence-corrected chi connectivity index (χ1v) is 6.81. The molecule has 6 nitrogen and oxygen atoms in total. The highest BCUT2D eigenvalue weighted by molar-refractivity contribution is 5.93. The molecule has 2 aromatic heterocycles. The Balaban J connectivity index is 2.21. The second-order valence-corrected chi connectivity index (χ2v) is 5.24. The van der Waals surface area contributed by atoms with Crippen molar-refractivity contribution in [1.82, 2.24) is 20.3 Å². The summed E-state index contributed by atoms with van der Waals surface area (Å²) in [6, 6.07) is 3.55. The van der Waals surface area contributed by atoms with Crippen LogP contribution in [-0.2, 0) is 0 Å². The number of rotatable bonds is 5. The van der Waals surface area contributed by atoms with E-state index in [9.17, 15) is 9.59 Å². The smallest absolute Gasteiger partial charge is 0.263 e. The second-order valence-electron chi connectivity index (χ2n) is 5.24. The van der Waals surface area contributed by atoms with Crippen LogP contribution < -0.4 is 10.9 Å². The van der Waals surface area contributed by atoms with E-state index in [4.69, 9.17) is 0 Å². The van der Waals surface area contributed by atoms with E-state index in [0.717, 1.165) is 12.0 Å². The van der Waals surface area contributed by atoms with Crippen molar-refractivity contribution in [2.24, 2.45) is 5.92 Å². The molecule has 0 saturated heterocycles. The predicted molar refractivity (Wildman–Crippen MR) is 78.8 cm³/mol. The molecule has 0 spiro atoms. The number of hydrogen-bond acceptors (Lipinski definition) is 4. The first-order chi connectivity index (χ1) is 10.1. The van der Waals surface area contributed by atoms with Crippen LogP contribution in [0.4, 0.5) is 0 Å². The van der Waals surface area contributed by atoms with Gasteiger partial charge in [-0.15, -0.1) is 0 Å². The lowest BCUT2D eigenvalue weighted by atomic mass is 9.98. The number of aromatic amines is 1. The van der Waals surface area contributed by atoms with E-state index in [1.54, 1.807) is 12.4 Å². The van der Waals surface area contributed by atoms with Crippen molar-refractivity contribution in [3.05, 3.63) is 58.5 Å². The fourth-order valence-electron chi connectivity index (χ4n) is 2.07. The summed E-state index contributed by atoms with van der Waals surface area (Å²) in [6.45, 7) is 4.15. The number of amides is 1. The maximum absolute atomic E-state index is 12.2. The highest BCUT2D eigenvalue weighted by Crippen LogP contribution is 2.20. The zero-order valence-corrected chi connectivity index (χ0v) is 12.0. The summed E-state index contributed by atoms with van der Waals surface area (Å²) in [7, 11) is 0. The summed E-state index contributed by atoms with van der Waals surface area (Å²) < 4.78 is 0. The Morgan fingerprint density at radius 1 is 1.33 bits per heavy atom. The van der Waals surface area contributed by atoms with Crippen LogP contribution in [-0.4, -0.2) is 20.9 Å². The fourth-order valence-corrected chi connectivity index (χ4v) is 2.07. The number of nitrogens with one attached hydrogen (secondary N) is 2. The SMILES string of the molecule is CC(C)CC(NC(=O)c1cnc[nH]c1=O)c1cccnc1. The number of nitrogens with zero attached hydrogens (tertiary/aromatic N) is 2. The van der Waals surface area contributed by atoms with Crippen LogP contribution in [0.15, 0.2) is 41.8 Å². The second kappa shape index (κ2) is 6.78. The van der Waals surface area contributed by atoms with Gasteiger partial charge < -0.3 is 10.3 Å². The zero-order chi connectivity index (χ0) is 15.2. The first kappa shape index (κ1) is 14.9. The van der Waals surface area contributed by atoms with Gasteiger partial charge in [0.1, 0.15) is 5.56 Å². The molecule has 0 bridgehead atoms. The first-order valence-electron chi connectivity index (χ1n) is 6.81. The van der Waals surface area contributed by atoms with Crippen LogP contribution in [0, 0.1) is 5.92 Å². The largest absolute Gasteiger partial charge is 0.345 e. The fraction of sp³-hybridized carbons (Fsp3) is 0.333. The average Bonchev–Trinajstić information content (AvgIpc) is 2.47. The molecule has 0 fully saturated rings. The normalized spacial score (nSPS) is 12.1. The molecular weight excluding hydrogens is 268 g/mol. The van der Waals surface area contributed by atoms with Crippen molar-refractivity contribution < 1.29 is 4.79 Å². The molecule has 0 aliphatic rings. The number of carbonyl (C=O) groups is 1. The van der Waals surface area contributed by atoms with Gasteiger partial charge in [0.05, 0.1) is 12.4 Å². The molecule has 2 aromatic rings. The van der Waals surface area contributed by atoms with Gasteiger partial charge in [0.2, 0.25) is 0 Å². The van der Waals surface area contributed by atoms with Crippen molar-refractivity contribution in [2.45, 2.75) is 26.3 Å². The highest BCUT2D eigenvalue weighted by Gasteiger charge is 2.19. The van der Waals surface area contributed by atoms with Crippen LogP contribution in [0.2, 0.25) is 0 Å². The number of hydrogen-bond donors (Lipinski definition) is 2. The number of H-pyrrole nitrogens is 1. The van der Waals surface area contributed by atoms with Gasteiger partial charge in [0, 0.05) is 18.6 Å². The predicted octanol–water partition coefficient (Wildman–Crippen LogP) is 1.68. The Morgan fingerprint density at radius 3 is 2.76 bits per heavy atom. The van der Waals surface area contributed by atoms with Gasteiger partial charge in [0.25, 0.3) is 11.5 Å². The van der Waals surface area contributed by atoms with E-state index in [-0.39, 0.29) is 11.6 Å². The van der Waals surface area contributed by atoms with Gasteiger partial charge in [0.15, 0.2) is 0 Å². The number of pyridine rings is 1. The highest BCUT2D eigenvalue weighted by atomic mass is 16.2. The Hall–Kier alpha value is -2.50. The Labute approximate surface area is 122 Å². The minimum atomic E-state index is -0.447. The molecule has 1 amide bonds. The summed E-state index contributed by atoms with van der Waals surface area (Å²) in [5, 5.41) is 2.88. The van der Waals surface area contributed by atoms with Crippen molar-refractivity contribution in [2.75, 3.05) is 0 Å². The van der Waals surface area contributed by atoms with Gasteiger partial charge in [-0.05, 0) is 24.0 Å². The minimum absolute atomic E-state index is 0.00939. The third kappa shape index (κ3) is 3.98. The van der Waals surface area contributed by atoms with Gasteiger partial charge in [-0.3, -0.25) is 14.6 Å². The standard InChI is InChI=1S/C15H18N4O2/c1-10(2)6-13(11-4-3-5-16-7-11)19-15(21)12-8-17-9-18-14(12)20/h3-5,7-10,13H,6H2,1-2H3,(H,19,21)(H,17,18,20). The topological polar surface area (TPSA) is 87.7 Å². The monoisotopic (exact) mass is 286 g/mol. The maximum atomic E-state index is 12.2. The summed E-state index contributed by atoms with van der Waals surface area (Å²) in [5.41, 5.74) is 0.479. The maximum Gasteiger partial charge on any atom is 0.263 e. The zero-order valence-electron chi connectivity index (χ0n) is 12.0. The number of aromatic nitrogens is 3. The van der Waals surface area contributed by atoms with Gasteiger partial charge in [-0.2, -0.15) is 0 Å². The summed E-state index contributed by atoms with van der Waals surface area (Å²) >= 11 is 0. The lowest BCUT2D eigenvalue weighted by Gasteiger charge is -2.20. The van der Waals surface area contributed by atoms with Crippen molar-refractivity contribution in [1.29, 1.82) is 0 Å². The molecular formula is C15H18N4O2. The van der Waals surface area contributed by atoms with Crippen LogP contribution in [0.25, 0.3) is 0 Å². The van der Waals surface area contributed by atoms with E-state index in [2.05, 4.69) is 34.1 Å². The van der Waals surface area contributed by atoms with E-state index < -0.39 is 11.5 Å². The Morgan fingerprint density at radius 2 is 2.14 bits per heavy atom. The summed E-state index contributed by atoms with van der Waals surface area (Å²) in [5.74, 6) is -0.0402. The van der Waals surface area contributed by atoms with Gasteiger partial charge >= 0.3 is 0 Å². The van der Waals surface area contributed by atoms with E-state index in [0.29, 0.717) is 5.92 Å². The molecule has 0 aromatic carbocycles. The molecule has 21 heavy (non-hydrogen) atoms. The van der Waals surface area contributed by atoms with Crippen molar-refractivity contribution in [3.8, 4) is 0 Å². The number of carbonyl (C=O) groups excluding carboxylic acids is 1. The van der Waals surface area contributed by atoms with Crippen LogP contribution >= 0.6 is 0 Å². The van der Waals surface area contributed by atoms with Gasteiger partial charge in [-0.1, -0.05) is 19.9 Å². The quantitative estimate of drug-likeness (QED) is 0.875. The molecule has 2 heterocycles. The molecule has 6 heteroatoms. The van der Waals surface area contributed by atoms with Crippen LogP contribution in [0.1, 0.15) is 42.2 Å². The summed E-state index contributed by atoms with van der Waals surface area (Å²) in [4.78, 5) is 34.1. The Bertz CT molecular complexity index is 652.